The normalized spacial score (nSPS) is 20.6. The van der Waals surface area contributed by atoms with E-state index in [0.717, 1.165) is 11.3 Å². The van der Waals surface area contributed by atoms with E-state index < -0.39 is 0 Å². The number of amides is 1. The minimum absolute atomic E-state index is 0.0369. The Morgan fingerprint density at radius 1 is 1.35 bits per heavy atom. The third kappa shape index (κ3) is 2.80. The van der Waals surface area contributed by atoms with Crippen LogP contribution in [0.15, 0.2) is 24.3 Å². The van der Waals surface area contributed by atoms with Crippen molar-refractivity contribution < 1.29 is 19.1 Å². The molecule has 0 radical (unpaired) electrons. The quantitative estimate of drug-likeness (QED) is 0.857. The minimum atomic E-state index is -0.353. The third-order valence-corrected chi connectivity index (χ3v) is 4.08. The van der Waals surface area contributed by atoms with E-state index in [-0.39, 0.29) is 23.9 Å². The first-order chi connectivity index (χ1) is 9.72. The summed E-state index contributed by atoms with van der Waals surface area (Å²) in [6.07, 6.45) is 3.81. The summed E-state index contributed by atoms with van der Waals surface area (Å²) in [5.74, 6) is 1.90. The SMILES string of the molecule is O=C(/C=C/c1ccc2c(c1)OCO2)N[C@H]1CCSC1=O. The molecule has 1 fully saturated rings. The van der Waals surface area contributed by atoms with Crippen LogP contribution < -0.4 is 14.8 Å². The molecule has 0 aromatic heterocycles. The standard InChI is InChI=1S/C14H13NO4S/c16-13(15-10-5-6-20-14(10)17)4-2-9-1-3-11-12(7-9)19-8-18-11/h1-4,7,10H,5-6,8H2,(H,15,16)/b4-2+/t10-/m0/s1. The number of rotatable bonds is 3. The molecule has 1 atom stereocenters. The van der Waals surface area contributed by atoms with Gasteiger partial charge in [-0.25, -0.2) is 0 Å². The van der Waals surface area contributed by atoms with E-state index in [1.165, 1.54) is 17.8 Å². The van der Waals surface area contributed by atoms with Crippen molar-refractivity contribution in [2.75, 3.05) is 12.5 Å². The van der Waals surface area contributed by atoms with Crippen molar-refractivity contribution in [3.63, 3.8) is 0 Å². The van der Waals surface area contributed by atoms with Gasteiger partial charge in [-0.2, -0.15) is 0 Å². The second-order valence-corrected chi connectivity index (χ2v) is 5.56. The number of benzene rings is 1. The molecule has 1 amide bonds. The van der Waals surface area contributed by atoms with Gasteiger partial charge in [0.1, 0.15) is 0 Å². The highest BCUT2D eigenvalue weighted by Gasteiger charge is 2.25. The lowest BCUT2D eigenvalue weighted by Gasteiger charge is -2.07. The lowest BCUT2D eigenvalue weighted by atomic mass is 10.2. The molecule has 0 unspecified atom stereocenters. The fraction of sp³-hybridized carbons (Fsp3) is 0.286. The summed E-state index contributed by atoms with van der Waals surface area (Å²) >= 11 is 1.27. The second kappa shape index (κ2) is 5.58. The number of ether oxygens (including phenoxy) is 2. The molecule has 1 aromatic rings. The Kier molecular flexibility index (Phi) is 3.64. The smallest absolute Gasteiger partial charge is 0.244 e. The molecule has 104 valence electrons. The van der Waals surface area contributed by atoms with Gasteiger partial charge in [0.05, 0.1) is 6.04 Å². The fourth-order valence-electron chi connectivity index (χ4n) is 2.04. The van der Waals surface area contributed by atoms with E-state index in [1.807, 2.05) is 12.1 Å². The van der Waals surface area contributed by atoms with E-state index in [9.17, 15) is 9.59 Å². The summed E-state index contributed by atoms with van der Waals surface area (Å²) in [5.41, 5.74) is 0.844. The number of carbonyl (C=O) groups is 2. The predicted molar refractivity (Wildman–Crippen MR) is 75.6 cm³/mol. The molecule has 0 aliphatic carbocycles. The van der Waals surface area contributed by atoms with Crippen molar-refractivity contribution in [3.05, 3.63) is 29.8 Å². The first-order valence-electron chi connectivity index (χ1n) is 6.27. The molecule has 0 bridgehead atoms. The molecule has 1 saturated heterocycles. The molecule has 5 nitrogen and oxygen atoms in total. The van der Waals surface area contributed by atoms with Crippen LogP contribution in [0.3, 0.4) is 0 Å². The average Bonchev–Trinajstić information content (AvgIpc) is 3.05. The Morgan fingerprint density at radius 2 is 2.20 bits per heavy atom. The van der Waals surface area contributed by atoms with E-state index in [1.54, 1.807) is 12.1 Å². The Balaban J connectivity index is 1.62. The van der Waals surface area contributed by atoms with Gasteiger partial charge in [0, 0.05) is 11.8 Å². The van der Waals surface area contributed by atoms with E-state index in [2.05, 4.69) is 5.32 Å². The highest BCUT2D eigenvalue weighted by Crippen LogP contribution is 2.32. The predicted octanol–water partition coefficient (Wildman–Crippen LogP) is 1.58. The van der Waals surface area contributed by atoms with E-state index >= 15 is 0 Å². The first kappa shape index (κ1) is 13.1. The molecule has 2 heterocycles. The highest BCUT2D eigenvalue weighted by atomic mass is 32.2. The summed E-state index contributed by atoms with van der Waals surface area (Å²) in [6, 6.07) is 5.10. The Bertz CT molecular complexity index is 585. The highest BCUT2D eigenvalue weighted by molar-refractivity contribution is 8.14. The summed E-state index contributed by atoms with van der Waals surface area (Å²) < 4.78 is 10.5. The summed E-state index contributed by atoms with van der Waals surface area (Å²) in [5, 5.41) is 2.74. The van der Waals surface area contributed by atoms with Gasteiger partial charge in [0.25, 0.3) is 0 Å². The topological polar surface area (TPSA) is 64.6 Å². The number of hydrogen-bond donors (Lipinski definition) is 1. The molecule has 0 spiro atoms. The first-order valence-corrected chi connectivity index (χ1v) is 7.26. The lowest BCUT2D eigenvalue weighted by Crippen LogP contribution is -2.35. The zero-order valence-electron chi connectivity index (χ0n) is 10.6. The van der Waals surface area contributed by atoms with Crippen LogP contribution in [0.1, 0.15) is 12.0 Å². The maximum absolute atomic E-state index is 11.7. The van der Waals surface area contributed by atoms with Gasteiger partial charge >= 0.3 is 0 Å². The number of nitrogens with one attached hydrogen (secondary N) is 1. The van der Waals surface area contributed by atoms with Crippen LogP contribution >= 0.6 is 11.8 Å². The van der Waals surface area contributed by atoms with E-state index in [4.69, 9.17) is 9.47 Å². The number of thioether (sulfide) groups is 1. The van der Waals surface area contributed by atoms with Gasteiger partial charge in [-0.15, -0.1) is 0 Å². The summed E-state index contributed by atoms with van der Waals surface area (Å²) in [7, 11) is 0. The van der Waals surface area contributed by atoms with Gasteiger partial charge in [0.2, 0.25) is 17.8 Å². The van der Waals surface area contributed by atoms with Crippen LogP contribution in [0, 0.1) is 0 Å². The lowest BCUT2D eigenvalue weighted by molar-refractivity contribution is -0.120. The molecule has 6 heteroatoms. The second-order valence-electron chi connectivity index (χ2n) is 4.46. The molecule has 20 heavy (non-hydrogen) atoms. The van der Waals surface area contributed by atoms with Gasteiger partial charge in [-0.1, -0.05) is 17.8 Å². The Morgan fingerprint density at radius 3 is 3.00 bits per heavy atom. The van der Waals surface area contributed by atoms with Crippen molar-refractivity contribution in [1.29, 1.82) is 0 Å². The van der Waals surface area contributed by atoms with Gasteiger partial charge in [0.15, 0.2) is 11.5 Å². The van der Waals surface area contributed by atoms with Gasteiger partial charge in [-0.3, -0.25) is 9.59 Å². The van der Waals surface area contributed by atoms with Crippen molar-refractivity contribution in [2.24, 2.45) is 0 Å². The van der Waals surface area contributed by atoms with Crippen LogP contribution in [0.2, 0.25) is 0 Å². The number of carbonyl (C=O) groups excluding carboxylic acids is 2. The van der Waals surface area contributed by atoms with Crippen LogP contribution in [0.25, 0.3) is 6.08 Å². The molecule has 3 rings (SSSR count). The van der Waals surface area contributed by atoms with Crippen LogP contribution in [-0.4, -0.2) is 29.6 Å². The molecule has 0 saturated carbocycles. The van der Waals surface area contributed by atoms with Gasteiger partial charge < -0.3 is 14.8 Å². The zero-order valence-corrected chi connectivity index (χ0v) is 11.4. The number of hydrogen-bond acceptors (Lipinski definition) is 5. The number of fused-ring (bicyclic) bond motifs is 1. The Labute approximate surface area is 120 Å². The van der Waals surface area contributed by atoms with Crippen molar-refractivity contribution in [2.45, 2.75) is 12.5 Å². The van der Waals surface area contributed by atoms with Crippen LogP contribution in [0.4, 0.5) is 0 Å². The van der Waals surface area contributed by atoms with Crippen LogP contribution in [0.5, 0.6) is 11.5 Å². The van der Waals surface area contributed by atoms with Crippen molar-refractivity contribution >= 4 is 28.9 Å². The van der Waals surface area contributed by atoms with Crippen molar-refractivity contribution in [3.8, 4) is 11.5 Å². The maximum atomic E-state index is 11.7. The molecule has 1 aromatic carbocycles. The minimum Gasteiger partial charge on any atom is -0.454 e. The maximum Gasteiger partial charge on any atom is 0.244 e. The molecule has 2 aliphatic heterocycles. The fourth-order valence-corrected chi connectivity index (χ4v) is 2.97. The summed E-state index contributed by atoms with van der Waals surface area (Å²) in [6.45, 7) is 0.227. The Hall–Kier alpha value is -1.95. The molecular formula is C14H13NO4S. The summed E-state index contributed by atoms with van der Waals surface area (Å²) in [4.78, 5) is 23.1. The third-order valence-electron chi connectivity index (χ3n) is 3.08. The monoisotopic (exact) mass is 291 g/mol. The largest absolute Gasteiger partial charge is 0.454 e. The van der Waals surface area contributed by atoms with Crippen molar-refractivity contribution in [1.82, 2.24) is 5.32 Å². The van der Waals surface area contributed by atoms with E-state index in [0.29, 0.717) is 17.9 Å². The zero-order chi connectivity index (χ0) is 13.9. The molecule has 2 aliphatic rings. The van der Waals surface area contributed by atoms with Gasteiger partial charge in [-0.05, 0) is 30.2 Å². The average molecular weight is 291 g/mol. The molecule has 1 N–H and O–H groups in total. The molecular weight excluding hydrogens is 278 g/mol. The van der Waals surface area contributed by atoms with Crippen LogP contribution in [-0.2, 0) is 9.59 Å².